The minimum atomic E-state index is -0.297. The molecule has 2 aromatic rings. The quantitative estimate of drug-likeness (QED) is 0.691. The molecule has 1 fully saturated rings. The van der Waals surface area contributed by atoms with Crippen molar-refractivity contribution in [2.24, 2.45) is 0 Å². The van der Waals surface area contributed by atoms with Crippen molar-refractivity contribution in [3.8, 4) is 5.75 Å². The molecule has 3 unspecified atom stereocenters. The van der Waals surface area contributed by atoms with Crippen LogP contribution in [-0.4, -0.2) is 29.5 Å². The third-order valence-electron chi connectivity index (χ3n) is 5.34. The first-order valence-electron chi connectivity index (χ1n) is 9.51. The topological polar surface area (TPSA) is 38.7 Å². The molecule has 2 aliphatic rings. The van der Waals surface area contributed by atoms with Crippen LogP contribution >= 0.6 is 27.7 Å². The Balaban J connectivity index is 1.56. The largest absolute Gasteiger partial charge is 0.493 e. The molecule has 1 N–H and O–H groups in total. The molecule has 2 aromatic carbocycles. The van der Waals surface area contributed by atoms with Crippen LogP contribution in [0.2, 0.25) is 0 Å². The van der Waals surface area contributed by atoms with E-state index in [1.807, 2.05) is 6.26 Å². The summed E-state index contributed by atoms with van der Waals surface area (Å²) in [6.45, 7) is 0.824. The molecular formula is C22H25BrO3S. The van der Waals surface area contributed by atoms with Crippen molar-refractivity contribution in [3.63, 3.8) is 0 Å². The highest BCUT2D eigenvalue weighted by Gasteiger charge is 2.29. The molecule has 144 valence electrons. The smallest absolute Gasteiger partial charge is 0.122 e. The normalized spacial score (nSPS) is 24.9. The number of aryl methyl sites for hydroxylation is 1. The Labute approximate surface area is 173 Å². The van der Waals surface area contributed by atoms with Gasteiger partial charge in [-0.25, -0.2) is 0 Å². The van der Waals surface area contributed by atoms with Crippen molar-refractivity contribution >= 4 is 27.7 Å². The zero-order valence-corrected chi connectivity index (χ0v) is 17.9. The van der Waals surface area contributed by atoms with Crippen molar-refractivity contribution in [2.75, 3.05) is 12.9 Å². The van der Waals surface area contributed by atoms with Crippen molar-refractivity contribution < 1.29 is 14.6 Å². The van der Waals surface area contributed by atoms with E-state index in [9.17, 15) is 5.11 Å². The number of aliphatic hydroxyl groups excluding tert-OH is 1. The average Bonchev–Trinajstić information content (AvgIpc) is 2.69. The van der Waals surface area contributed by atoms with Gasteiger partial charge in [-0.05, 0) is 59.9 Å². The summed E-state index contributed by atoms with van der Waals surface area (Å²) in [4.78, 5) is 0. The van der Waals surface area contributed by atoms with E-state index in [0.29, 0.717) is 12.8 Å². The van der Waals surface area contributed by atoms with Gasteiger partial charge in [0, 0.05) is 17.3 Å². The molecule has 0 spiro atoms. The molecular weight excluding hydrogens is 424 g/mol. The van der Waals surface area contributed by atoms with Gasteiger partial charge in [-0.2, -0.15) is 0 Å². The summed E-state index contributed by atoms with van der Waals surface area (Å²) >= 11 is 5.37. The zero-order chi connectivity index (χ0) is 18.8. The number of benzene rings is 2. The zero-order valence-electron chi connectivity index (χ0n) is 15.5. The molecule has 0 radical (unpaired) electrons. The lowest BCUT2D eigenvalue weighted by molar-refractivity contribution is -0.0605. The van der Waals surface area contributed by atoms with Crippen LogP contribution in [0.1, 0.15) is 47.6 Å². The number of halogens is 1. The summed E-state index contributed by atoms with van der Waals surface area (Å²) in [7, 11) is 0. The summed E-state index contributed by atoms with van der Waals surface area (Å²) in [5.74, 6) is 1.03. The number of ether oxygens (including phenoxy) is 2. The Morgan fingerprint density at radius 1 is 1.19 bits per heavy atom. The van der Waals surface area contributed by atoms with E-state index in [2.05, 4.69) is 52.3 Å². The molecule has 0 aliphatic carbocycles. The SMILES string of the molecule is CSC1CC(O)CC(c2ccc(Br)c(Cc3ccc4c(c3)CCCO4)c2)O1. The monoisotopic (exact) mass is 448 g/mol. The minimum Gasteiger partial charge on any atom is -0.493 e. The molecule has 0 amide bonds. The Kier molecular flexibility index (Phi) is 6.12. The summed E-state index contributed by atoms with van der Waals surface area (Å²) in [5, 5.41) is 10.2. The molecule has 3 atom stereocenters. The van der Waals surface area contributed by atoms with E-state index in [1.54, 1.807) is 11.8 Å². The lowest BCUT2D eigenvalue weighted by Gasteiger charge is -2.32. The van der Waals surface area contributed by atoms with Gasteiger partial charge in [-0.3, -0.25) is 0 Å². The predicted octanol–water partition coefficient (Wildman–Crippen LogP) is 5.27. The Morgan fingerprint density at radius 2 is 2.07 bits per heavy atom. The van der Waals surface area contributed by atoms with E-state index < -0.39 is 0 Å². The molecule has 2 heterocycles. The molecule has 0 saturated carbocycles. The third kappa shape index (κ3) is 4.53. The lowest BCUT2D eigenvalue weighted by atomic mass is 9.95. The minimum absolute atomic E-state index is 0.0463. The molecule has 5 heteroatoms. The number of rotatable bonds is 4. The van der Waals surface area contributed by atoms with Gasteiger partial charge in [0.15, 0.2) is 0 Å². The predicted molar refractivity (Wildman–Crippen MR) is 114 cm³/mol. The Hall–Kier alpha value is -1.01. The van der Waals surface area contributed by atoms with Gasteiger partial charge in [-0.1, -0.05) is 40.2 Å². The second-order valence-corrected chi connectivity index (χ2v) is 9.19. The van der Waals surface area contributed by atoms with Gasteiger partial charge >= 0.3 is 0 Å². The fraction of sp³-hybridized carbons (Fsp3) is 0.455. The number of hydrogen-bond acceptors (Lipinski definition) is 4. The summed E-state index contributed by atoms with van der Waals surface area (Å²) in [6.07, 6.45) is 6.10. The van der Waals surface area contributed by atoms with E-state index in [4.69, 9.17) is 9.47 Å². The number of fused-ring (bicyclic) bond motifs is 1. The van der Waals surface area contributed by atoms with Crippen LogP contribution in [0.5, 0.6) is 5.75 Å². The second-order valence-electron chi connectivity index (χ2n) is 7.34. The average molecular weight is 449 g/mol. The maximum atomic E-state index is 10.2. The van der Waals surface area contributed by atoms with Gasteiger partial charge in [0.05, 0.1) is 18.8 Å². The van der Waals surface area contributed by atoms with Gasteiger partial charge in [0.1, 0.15) is 11.2 Å². The van der Waals surface area contributed by atoms with Crippen LogP contribution in [0.25, 0.3) is 0 Å². The molecule has 1 saturated heterocycles. The molecule has 2 aliphatic heterocycles. The number of hydrogen-bond donors (Lipinski definition) is 1. The fourth-order valence-electron chi connectivity index (χ4n) is 3.90. The van der Waals surface area contributed by atoms with Crippen molar-refractivity contribution in [3.05, 3.63) is 63.1 Å². The highest BCUT2D eigenvalue weighted by molar-refractivity contribution is 9.10. The molecule has 0 aromatic heterocycles. The summed E-state index contributed by atoms with van der Waals surface area (Å²) in [5.41, 5.74) is 5.06. The molecule has 3 nitrogen and oxygen atoms in total. The highest BCUT2D eigenvalue weighted by Crippen LogP contribution is 2.36. The maximum Gasteiger partial charge on any atom is 0.122 e. The fourth-order valence-corrected chi connectivity index (χ4v) is 4.95. The highest BCUT2D eigenvalue weighted by atomic mass is 79.9. The standard InChI is InChI=1S/C22H25BrO3S/c1-27-22-13-18(24)12-21(26-22)16-5-6-19(23)17(11-16)10-14-4-7-20-15(9-14)3-2-8-25-20/h4-7,9,11,18,21-22,24H,2-3,8,10,12-13H2,1H3. The van der Waals surface area contributed by atoms with Gasteiger partial charge in [0.25, 0.3) is 0 Å². The van der Waals surface area contributed by atoms with Crippen LogP contribution < -0.4 is 4.74 Å². The van der Waals surface area contributed by atoms with E-state index >= 15 is 0 Å². The first-order valence-corrected chi connectivity index (χ1v) is 11.6. The summed E-state index contributed by atoms with van der Waals surface area (Å²) in [6, 6.07) is 13.0. The Bertz CT molecular complexity index is 810. The van der Waals surface area contributed by atoms with Crippen LogP contribution in [0.4, 0.5) is 0 Å². The van der Waals surface area contributed by atoms with Gasteiger partial charge < -0.3 is 14.6 Å². The second kappa shape index (κ2) is 8.56. The van der Waals surface area contributed by atoms with Crippen molar-refractivity contribution in [1.29, 1.82) is 0 Å². The maximum absolute atomic E-state index is 10.2. The molecule has 0 bridgehead atoms. The van der Waals surface area contributed by atoms with Crippen molar-refractivity contribution in [2.45, 2.75) is 49.7 Å². The van der Waals surface area contributed by atoms with Crippen LogP contribution in [0, 0.1) is 0 Å². The van der Waals surface area contributed by atoms with Crippen LogP contribution in [-0.2, 0) is 17.6 Å². The number of aliphatic hydroxyl groups is 1. The summed E-state index contributed by atoms with van der Waals surface area (Å²) < 4.78 is 13.0. The van der Waals surface area contributed by atoms with E-state index in [0.717, 1.165) is 41.7 Å². The first-order chi connectivity index (χ1) is 13.1. The number of thioether (sulfide) groups is 1. The van der Waals surface area contributed by atoms with Crippen LogP contribution in [0.15, 0.2) is 40.9 Å². The Morgan fingerprint density at radius 3 is 2.93 bits per heavy atom. The molecule has 27 heavy (non-hydrogen) atoms. The molecule has 4 rings (SSSR count). The van der Waals surface area contributed by atoms with Crippen LogP contribution in [0.3, 0.4) is 0 Å². The van der Waals surface area contributed by atoms with Gasteiger partial charge in [0.2, 0.25) is 0 Å². The van der Waals surface area contributed by atoms with E-state index in [1.165, 1.54) is 16.7 Å². The third-order valence-corrected chi connectivity index (χ3v) is 6.94. The first kappa shape index (κ1) is 19.3. The van der Waals surface area contributed by atoms with Crippen molar-refractivity contribution in [1.82, 2.24) is 0 Å². The van der Waals surface area contributed by atoms with E-state index in [-0.39, 0.29) is 17.6 Å². The van der Waals surface area contributed by atoms with Gasteiger partial charge in [-0.15, -0.1) is 11.8 Å². The lowest BCUT2D eigenvalue weighted by Crippen LogP contribution is -2.29.